The Morgan fingerprint density at radius 1 is 1.20 bits per heavy atom. The van der Waals surface area contributed by atoms with Crippen LogP contribution in [0.4, 0.5) is 0 Å². The molecule has 0 spiro atoms. The second kappa shape index (κ2) is 6.88. The molecule has 0 radical (unpaired) electrons. The summed E-state index contributed by atoms with van der Waals surface area (Å²) in [7, 11) is 0. The number of carbonyl (C=O) groups is 2. The average Bonchev–Trinajstić information content (AvgIpc) is 2.92. The van der Waals surface area contributed by atoms with Crippen LogP contribution in [0.25, 0.3) is 0 Å². The quantitative estimate of drug-likeness (QED) is 0.747. The van der Waals surface area contributed by atoms with Crippen molar-refractivity contribution in [1.82, 2.24) is 4.90 Å². The molecule has 0 aromatic heterocycles. The standard InChI is InChI=1S/C15H23NO4/c17-10-4-6-11-5-3-9-16(11)14(18)12-7-1-2-8-13(12)15(19)20/h1-2,11-13,17H,3-10H2,(H,19,20)/t11?,12-,13+/m1/s1. The lowest BCUT2D eigenvalue weighted by atomic mass is 9.82. The summed E-state index contributed by atoms with van der Waals surface area (Å²) in [6.07, 6.45) is 8.19. The van der Waals surface area contributed by atoms with Crippen LogP contribution in [-0.2, 0) is 9.59 Å². The van der Waals surface area contributed by atoms with Gasteiger partial charge in [0.1, 0.15) is 0 Å². The van der Waals surface area contributed by atoms with Crippen molar-refractivity contribution in [2.75, 3.05) is 13.2 Å². The van der Waals surface area contributed by atoms with Gasteiger partial charge in [-0.1, -0.05) is 12.2 Å². The van der Waals surface area contributed by atoms with Gasteiger partial charge in [0.15, 0.2) is 0 Å². The minimum Gasteiger partial charge on any atom is -0.481 e. The molecule has 1 fully saturated rings. The lowest BCUT2D eigenvalue weighted by Gasteiger charge is -2.32. The van der Waals surface area contributed by atoms with Crippen LogP contribution < -0.4 is 0 Å². The van der Waals surface area contributed by atoms with Crippen LogP contribution in [0.3, 0.4) is 0 Å². The average molecular weight is 281 g/mol. The van der Waals surface area contributed by atoms with E-state index in [0.717, 1.165) is 25.8 Å². The zero-order valence-electron chi connectivity index (χ0n) is 11.7. The number of aliphatic hydroxyl groups excluding tert-OH is 1. The minimum absolute atomic E-state index is 0.0119. The molecule has 2 aliphatic rings. The Bertz CT molecular complexity index is 393. The molecule has 1 aliphatic carbocycles. The summed E-state index contributed by atoms with van der Waals surface area (Å²) in [5, 5.41) is 18.2. The molecule has 0 aromatic carbocycles. The number of amides is 1. The van der Waals surface area contributed by atoms with E-state index in [1.165, 1.54) is 0 Å². The largest absolute Gasteiger partial charge is 0.481 e. The highest BCUT2D eigenvalue weighted by Crippen LogP contribution is 2.31. The van der Waals surface area contributed by atoms with E-state index in [4.69, 9.17) is 5.11 Å². The molecule has 20 heavy (non-hydrogen) atoms. The normalized spacial score (nSPS) is 29.6. The molecule has 1 unspecified atom stereocenters. The van der Waals surface area contributed by atoms with Crippen molar-refractivity contribution >= 4 is 11.9 Å². The Labute approximate surface area is 119 Å². The predicted octanol–water partition coefficient (Wildman–Crippen LogP) is 1.42. The maximum atomic E-state index is 12.7. The number of rotatable bonds is 5. The second-order valence-electron chi connectivity index (χ2n) is 5.69. The lowest BCUT2D eigenvalue weighted by molar-refractivity contribution is -0.151. The van der Waals surface area contributed by atoms with Crippen LogP contribution in [0, 0.1) is 11.8 Å². The highest BCUT2D eigenvalue weighted by Gasteiger charge is 2.39. The number of aliphatic carboxylic acids is 1. The number of carboxylic acid groups (broad SMARTS) is 1. The van der Waals surface area contributed by atoms with Crippen molar-refractivity contribution in [2.24, 2.45) is 11.8 Å². The van der Waals surface area contributed by atoms with Gasteiger partial charge in [-0.3, -0.25) is 9.59 Å². The summed E-state index contributed by atoms with van der Waals surface area (Å²) in [5.41, 5.74) is 0. The number of likely N-dealkylation sites (tertiary alicyclic amines) is 1. The smallest absolute Gasteiger partial charge is 0.307 e. The molecule has 5 nitrogen and oxygen atoms in total. The van der Waals surface area contributed by atoms with Crippen LogP contribution in [0.1, 0.15) is 38.5 Å². The maximum absolute atomic E-state index is 12.7. The molecule has 2 N–H and O–H groups in total. The number of carbonyl (C=O) groups excluding carboxylic acids is 1. The molecule has 1 heterocycles. The van der Waals surface area contributed by atoms with Gasteiger partial charge >= 0.3 is 5.97 Å². The third kappa shape index (κ3) is 3.20. The Hall–Kier alpha value is -1.36. The third-order valence-corrected chi connectivity index (χ3v) is 4.42. The first-order valence-electron chi connectivity index (χ1n) is 7.44. The van der Waals surface area contributed by atoms with Crippen LogP contribution in [0.5, 0.6) is 0 Å². The minimum atomic E-state index is -0.876. The van der Waals surface area contributed by atoms with E-state index in [-0.39, 0.29) is 18.6 Å². The van der Waals surface area contributed by atoms with E-state index in [1.54, 1.807) is 0 Å². The summed E-state index contributed by atoms with van der Waals surface area (Å²) < 4.78 is 0. The van der Waals surface area contributed by atoms with Crippen molar-refractivity contribution in [2.45, 2.75) is 44.6 Å². The molecule has 5 heteroatoms. The Morgan fingerprint density at radius 3 is 2.55 bits per heavy atom. The highest BCUT2D eigenvalue weighted by molar-refractivity contribution is 5.85. The monoisotopic (exact) mass is 281 g/mol. The molecular weight excluding hydrogens is 258 g/mol. The summed E-state index contributed by atoms with van der Waals surface area (Å²) in [5.74, 6) is -1.90. The summed E-state index contributed by atoms with van der Waals surface area (Å²) in [4.78, 5) is 25.8. The predicted molar refractivity (Wildman–Crippen MR) is 74.0 cm³/mol. The Morgan fingerprint density at radius 2 is 1.90 bits per heavy atom. The van der Waals surface area contributed by atoms with E-state index >= 15 is 0 Å². The second-order valence-corrected chi connectivity index (χ2v) is 5.69. The molecule has 1 amide bonds. The highest BCUT2D eigenvalue weighted by atomic mass is 16.4. The van der Waals surface area contributed by atoms with Gasteiger partial charge in [-0.05, 0) is 38.5 Å². The van der Waals surface area contributed by atoms with Crippen LogP contribution in [0.15, 0.2) is 12.2 Å². The topological polar surface area (TPSA) is 77.8 Å². The van der Waals surface area contributed by atoms with Gasteiger partial charge < -0.3 is 15.1 Å². The van der Waals surface area contributed by atoms with Crippen molar-refractivity contribution in [3.05, 3.63) is 12.2 Å². The molecule has 1 saturated heterocycles. The van der Waals surface area contributed by atoms with E-state index in [0.29, 0.717) is 19.3 Å². The molecule has 1 aliphatic heterocycles. The fourth-order valence-electron chi connectivity index (χ4n) is 3.33. The van der Waals surface area contributed by atoms with Crippen molar-refractivity contribution in [1.29, 1.82) is 0 Å². The van der Waals surface area contributed by atoms with Crippen LogP contribution in [0.2, 0.25) is 0 Å². The number of allylic oxidation sites excluding steroid dienone is 2. The van der Waals surface area contributed by atoms with Gasteiger partial charge in [0.25, 0.3) is 0 Å². The third-order valence-electron chi connectivity index (χ3n) is 4.42. The van der Waals surface area contributed by atoms with Gasteiger partial charge in [-0.15, -0.1) is 0 Å². The van der Waals surface area contributed by atoms with Crippen LogP contribution >= 0.6 is 0 Å². The number of hydrogen-bond donors (Lipinski definition) is 2. The van der Waals surface area contributed by atoms with E-state index in [1.807, 2.05) is 17.1 Å². The molecule has 0 aromatic rings. The summed E-state index contributed by atoms with van der Waals surface area (Å²) >= 11 is 0. The summed E-state index contributed by atoms with van der Waals surface area (Å²) in [6.45, 7) is 0.865. The first-order chi connectivity index (χ1) is 9.65. The van der Waals surface area contributed by atoms with Crippen molar-refractivity contribution in [3.8, 4) is 0 Å². The fraction of sp³-hybridized carbons (Fsp3) is 0.733. The van der Waals surface area contributed by atoms with E-state index < -0.39 is 17.8 Å². The maximum Gasteiger partial charge on any atom is 0.307 e. The van der Waals surface area contributed by atoms with Crippen LogP contribution in [-0.4, -0.2) is 46.2 Å². The molecular formula is C15H23NO4. The first kappa shape index (κ1) is 15.0. The molecule has 0 bridgehead atoms. The first-order valence-corrected chi connectivity index (χ1v) is 7.44. The fourth-order valence-corrected chi connectivity index (χ4v) is 3.33. The SMILES string of the molecule is O=C(O)[C@H]1CC=CC[C@H]1C(=O)N1CCCC1CCCO. The summed E-state index contributed by atoms with van der Waals surface area (Å²) in [6, 6.07) is 0.176. The van der Waals surface area contributed by atoms with E-state index in [9.17, 15) is 14.7 Å². The number of nitrogens with zero attached hydrogens (tertiary/aromatic N) is 1. The lowest BCUT2D eigenvalue weighted by Crippen LogP contribution is -2.44. The van der Waals surface area contributed by atoms with Gasteiger partial charge in [0.05, 0.1) is 11.8 Å². The number of carboxylic acids is 1. The molecule has 0 saturated carbocycles. The van der Waals surface area contributed by atoms with Gasteiger partial charge in [-0.25, -0.2) is 0 Å². The van der Waals surface area contributed by atoms with Gasteiger partial charge in [0.2, 0.25) is 5.91 Å². The number of aliphatic hydroxyl groups is 1. The molecule has 112 valence electrons. The van der Waals surface area contributed by atoms with Gasteiger partial charge in [0, 0.05) is 19.2 Å². The molecule has 3 atom stereocenters. The van der Waals surface area contributed by atoms with Crippen molar-refractivity contribution in [3.63, 3.8) is 0 Å². The Kier molecular flexibility index (Phi) is 5.17. The molecule has 2 rings (SSSR count). The zero-order valence-corrected chi connectivity index (χ0v) is 11.7. The zero-order chi connectivity index (χ0) is 14.5. The number of hydrogen-bond acceptors (Lipinski definition) is 3. The Balaban J connectivity index is 2.05. The van der Waals surface area contributed by atoms with Gasteiger partial charge in [-0.2, -0.15) is 0 Å². The van der Waals surface area contributed by atoms with E-state index in [2.05, 4.69) is 0 Å². The van der Waals surface area contributed by atoms with Crippen molar-refractivity contribution < 1.29 is 19.8 Å².